The number of nitrogens with one attached hydrogen (secondary N) is 1. The summed E-state index contributed by atoms with van der Waals surface area (Å²) in [5, 5.41) is 2.91. The first-order valence-corrected chi connectivity index (χ1v) is 7.18. The van der Waals surface area contributed by atoms with E-state index in [1.807, 2.05) is 0 Å². The van der Waals surface area contributed by atoms with Gasteiger partial charge in [0.1, 0.15) is 0 Å². The molecule has 1 amide bonds. The number of nitrogens with two attached hydrogens (primary N) is 2. The highest BCUT2D eigenvalue weighted by molar-refractivity contribution is 7.89. The Hall–Kier alpha value is -1.80. The van der Waals surface area contributed by atoms with Crippen molar-refractivity contribution in [1.29, 1.82) is 0 Å². The lowest BCUT2D eigenvalue weighted by Crippen LogP contribution is -2.28. The van der Waals surface area contributed by atoms with Gasteiger partial charge >= 0.3 is 0 Å². The number of anilines is 2. The van der Waals surface area contributed by atoms with Crippen LogP contribution in [0.2, 0.25) is 0 Å². The lowest BCUT2D eigenvalue weighted by atomic mass is 10.1. The van der Waals surface area contributed by atoms with Crippen LogP contribution in [-0.4, -0.2) is 45.0 Å². The molecule has 0 aliphatic carbocycles. The number of rotatable bonds is 6. The highest BCUT2D eigenvalue weighted by Crippen LogP contribution is 2.17. The Morgan fingerprint density at radius 2 is 2.00 bits per heavy atom. The average molecular weight is 286 g/mol. The number of nitrogens with zero attached hydrogens (tertiary/aromatic N) is 1. The summed E-state index contributed by atoms with van der Waals surface area (Å²) in [6.45, 7) is 0.225. The molecular weight excluding hydrogens is 268 g/mol. The number of amides is 1. The third kappa shape index (κ3) is 4.11. The maximum Gasteiger partial charge on any atom is 0.250 e. The fourth-order valence-electron chi connectivity index (χ4n) is 1.39. The van der Waals surface area contributed by atoms with Crippen molar-refractivity contribution in [2.75, 3.05) is 37.4 Å². The van der Waals surface area contributed by atoms with Crippen LogP contribution in [-0.2, 0) is 10.0 Å². The standard InChI is InChI=1S/C11H18N4O3S/c1-15(2)19(17,18)6-5-14-8-3-4-10(12)9(7-8)11(13)16/h3-4,7,14H,5-6,12H2,1-2H3,(H2,13,16). The Morgan fingerprint density at radius 1 is 1.37 bits per heavy atom. The predicted octanol–water partition coefficient (Wildman–Crippen LogP) is -0.329. The minimum Gasteiger partial charge on any atom is -0.398 e. The van der Waals surface area contributed by atoms with Crippen LogP contribution in [0.4, 0.5) is 11.4 Å². The molecule has 1 aromatic rings. The van der Waals surface area contributed by atoms with Gasteiger partial charge in [-0.3, -0.25) is 4.79 Å². The summed E-state index contributed by atoms with van der Waals surface area (Å²) in [6, 6.07) is 4.70. The molecule has 0 fully saturated rings. The molecule has 0 spiro atoms. The van der Waals surface area contributed by atoms with E-state index in [4.69, 9.17) is 11.5 Å². The summed E-state index contributed by atoms with van der Waals surface area (Å²) in [7, 11) is -0.297. The molecule has 0 radical (unpaired) electrons. The Kier molecular flexibility index (Phi) is 4.73. The van der Waals surface area contributed by atoms with Crippen molar-refractivity contribution in [1.82, 2.24) is 4.31 Å². The van der Waals surface area contributed by atoms with E-state index in [0.717, 1.165) is 4.31 Å². The van der Waals surface area contributed by atoms with Crippen LogP contribution < -0.4 is 16.8 Å². The second-order valence-electron chi connectivity index (χ2n) is 4.19. The summed E-state index contributed by atoms with van der Waals surface area (Å²) >= 11 is 0. The summed E-state index contributed by atoms with van der Waals surface area (Å²) in [5.74, 6) is -0.668. The Morgan fingerprint density at radius 3 is 2.53 bits per heavy atom. The molecule has 0 aliphatic rings. The SMILES string of the molecule is CN(C)S(=O)(=O)CCNc1ccc(N)c(C(N)=O)c1. The maximum absolute atomic E-state index is 11.5. The monoisotopic (exact) mass is 286 g/mol. The number of primary amides is 1. The molecule has 0 saturated carbocycles. The summed E-state index contributed by atoms with van der Waals surface area (Å²) in [4.78, 5) is 11.1. The van der Waals surface area contributed by atoms with Crippen LogP contribution in [0, 0.1) is 0 Å². The minimum absolute atomic E-state index is 0.0454. The molecule has 19 heavy (non-hydrogen) atoms. The third-order valence-electron chi connectivity index (χ3n) is 2.56. The van der Waals surface area contributed by atoms with Gasteiger partial charge in [0.05, 0.1) is 11.3 Å². The topological polar surface area (TPSA) is 119 Å². The molecule has 0 aromatic heterocycles. The minimum atomic E-state index is -3.25. The molecule has 8 heteroatoms. The van der Waals surface area contributed by atoms with E-state index >= 15 is 0 Å². The second kappa shape index (κ2) is 5.89. The number of sulfonamides is 1. The zero-order chi connectivity index (χ0) is 14.6. The molecule has 0 heterocycles. The van der Waals surface area contributed by atoms with Crippen molar-refractivity contribution < 1.29 is 13.2 Å². The maximum atomic E-state index is 11.5. The van der Waals surface area contributed by atoms with Gasteiger partial charge in [-0.15, -0.1) is 0 Å². The second-order valence-corrected chi connectivity index (χ2v) is 6.49. The van der Waals surface area contributed by atoms with Gasteiger partial charge in [-0.1, -0.05) is 0 Å². The summed E-state index contributed by atoms with van der Waals surface area (Å²) in [5.41, 5.74) is 11.9. The lowest BCUT2D eigenvalue weighted by Gasteiger charge is -2.12. The van der Waals surface area contributed by atoms with Crippen molar-refractivity contribution >= 4 is 27.3 Å². The van der Waals surface area contributed by atoms with E-state index in [1.165, 1.54) is 20.2 Å². The van der Waals surface area contributed by atoms with Crippen molar-refractivity contribution in [2.24, 2.45) is 5.73 Å². The first-order valence-electron chi connectivity index (χ1n) is 5.57. The summed E-state index contributed by atoms with van der Waals surface area (Å²) < 4.78 is 24.2. The van der Waals surface area contributed by atoms with Crippen LogP contribution in [0.1, 0.15) is 10.4 Å². The normalized spacial score (nSPS) is 11.5. The summed E-state index contributed by atoms with van der Waals surface area (Å²) in [6.07, 6.45) is 0. The molecule has 0 saturated heterocycles. The molecule has 106 valence electrons. The van der Waals surface area contributed by atoms with Crippen LogP contribution in [0.3, 0.4) is 0 Å². The van der Waals surface area contributed by atoms with E-state index < -0.39 is 15.9 Å². The molecular formula is C11H18N4O3S. The molecule has 5 N–H and O–H groups in total. The molecule has 0 unspecified atom stereocenters. The van der Waals surface area contributed by atoms with E-state index in [2.05, 4.69) is 5.32 Å². The highest BCUT2D eigenvalue weighted by atomic mass is 32.2. The smallest absolute Gasteiger partial charge is 0.250 e. The molecule has 1 aromatic carbocycles. The quantitative estimate of drug-likeness (QED) is 0.619. The van der Waals surface area contributed by atoms with Crippen molar-refractivity contribution in [3.63, 3.8) is 0 Å². The van der Waals surface area contributed by atoms with Gasteiger partial charge in [0.15, 0.2) is 0 Å². The molecule has 0 bridgehead atoms. The third-order valence-corrected chi connectivity index (χ3v) is 4.40. The van der Waals surface area contributed by atoms with Gasteiger partial charge < -0.3 is 16.8 Å². The number of carbonyl (C=O) groups is 1. The molecule has 1 rings (SSSR count). The van der Waals surface area contributed by atoms with E-state index in [1.54, 1.807) is 12.1 Å². The molecule has 7 nitrogen and oxygen atoms in total. The predicted molar refractivity (Wildman–Crippen MR) is 75.3 cm³/mol. The largest absolute Gasteiger partial charge is 0.398 e. The average Bonchev–Trinajstić information content (AvgIpc) is 2.30. The molecule has 0 atom stereocenters. The zero-order valence-corrected chi connectivity index (χ0v) is 11.7. The Labute approximate surface area is 112 Å². The van der Waals surface area contributed by atoms with Crippen LogP contribution in [0.25, 0.3) is 0 Å². The van der Waals surface area contributed by atoms with E-state index in [9.17, 15) is 13.2 Å². The Balaban J connectivity index is 2.70. The first kappa shape index (κ1) is 15.3. The lowest BCUT2D eigenvalue weighted by molar-refractivity contribution is 0.100. The van der Waals surface area contributed by atoms with Crippen LogP contribution in [0.15, 0.2) is 18.2 Å². The van der Waals surface area contributed by atoms with Gasteiger partial charge in [0.2, 0.25) is 10.0 Å². The Bertz CT molecular complexity index is 569. The van der Waals surface area contributed by atoms with E-state index in [0.29, 0.717) is 11.4 Å². The highest BCUT2D eigenvalue weighted by Gasteiger charge is 2.13. The number of nitrogen functional groups attached to an aromatic ring is 1. The number of carbonyl (C=O) groups excluding carboxylic acids is 1. The number of hydrogen-bond donors (Lipinski definition) is 3. The van der Waals surface area contributed by atoms with Gasteiger partial charge in [-0.2, -0.15) is 0 Å². The van der Waals surface area contributed by atoms with Crippen LogP contribution >= 0.6 is 0 Å². The van der Waals surface area contributed by atoms with Gasteiger partial charge in [0.25, 0.3) is 5.91 Å². The first-order chi connectivity index (χ1) is 8.74. The zero-order valence-electron chi connectivity index (χ0n) is 10.9. The van der Waals surface area contributed by atoms with Gasteiger partial charge in [-0.05, 0) is 18.2 Å². The van der Waals surface area contributed by atoms with Gasteiger partial charge in [-0.25, -0.2) is 12.7 Å². The van der Waals surface area contributed by atoms with Crippen molar-refractivity contribution in [2.45, 2.75) is 0 Å². The fourth-order valence-corrected chi connectivity index (χ4v) is 2.11. The van der Waals surface area contributed by atoms with Crippen LogP contribution in [0.5, 0.6) is 0 Å². The van der Waals surface area contributed by atoms with Crippen molar-refractivity contribution in [3.05, 3.63) is 23.8 Å². The van der Waals surface area contributed by atoms with Gasteiger partial charge in [0, 0.05) is 32.0 Å². The number of benzene rings is 1. The molecule has 0 aliphatic heterocycles. The fraction of sp³-hybridized carbons (Fsp3) is 0.364. The van der Waals surface area contributed by atoms with E-state index in [-0.39, 0.29) is 17.9 Å². The van der Waals surface area contributed by atoms with Crippen molar-refractivity contribution in [3.8, 4) is 0 Å². The number of hydrogen-bond acceptors (Lipinski definition) is 5.